The number of anilines is 1. The second-order valence-electron chi connectivity index (χ2n) is 5.73. The highest BCUT2D eigenvalue weighted by molar-refractivity contribution is 5.49. The van der Waals surface area contributed by atoms with Crippen LogP contribution >= 0.6 is 0 Å². The van der Waals surface area contributed by atoms with Gasteiger partial charge in [0.25, 0.3) is 0 Å². The minimum atomic E-state index is 0.228. The van der Waals surface area contributed by atoms with Gasteiger partial charge < -0.3 is 15.3 Å². The lowest BCUT2D eigenvalue weighted by atomic mass is 10.1. The normalized spacial score (nSPS) is 17.4. The summed E-state index contributed by atoms with van der Waals surface area (Å²) in [5.74, 6) is 0. The van der Waals surface area contributed by atoms with E-state index >= 15 is 0 Å². The van der Waals surface area contributed by atoms with Crippen LogP contribution < -0.4 is 10.2 Å². The second-order valence-corrected chi connectivity index (χ2v) is 5.73. The van der Waals surface area contributed by atoms with Gasteiger partial charge in [-0.25, -0.2) is 0 Å². The van der Waals surface area contributed by atoms with Crippen LogP contribution in [0.25, 0.3) is 0 Å². The van der Waals surface area contributed by atoms with Gasteiger partial charge in [0.1, 0.15) is 0 Å². The molecule has 1 aromatic rings. The molecule has 2 rings (SSSR count). The molecule has 1 atom stereocenters. The van der Waals surface area contributed by atoms with Crippen LogP contribution in [0.4, 0.5) is 5.69 Å². The van der Waals surface area contributed by atoms with Gasteiger partial charge in [-0.05, 0) is 44.0 Å². The van der Waals surface area contributed by atoms with Crippen molar-refractivity contribution >= 4 is 5.69 Å². The molecule has 1 aliphatic carbocycles. The predicted molar refractivity (Wildman–Crippen MR) is 85.2 cm³/mol. The Morgan fingerprint density at radius 1 is 1.25 bits per heavy atom. The Labute approximate surface area is 123 Å². The third-order valence-corrected chi connectivity index (χ3v) is 4.34. The van der Waals surface area contributed by atoms with Crippen LogP contribution in [0.2, 0.25) is 0 Å². The molecule has 3 nitrogen and oxygen atoms in total. The van der Waals surface area contributed by atoms with E-state index in [1.165, 1.54) is 36.9 Å². The van der Waals surface area contributed by atoms with Crippen molar-refractivity contribution in [2.45, 2.75) is 51.6 Å². The lowest BCUT2D eigenvalue weighted by molar-refractivity contribution is 0.297. The summed E-state index contributed by atoms with van der Waals surface area (Å²) >= 11 is 0. The van der Waals surface area contributed by atoms with Crippen molar-refractivity contribution in [3.05, 3.63) is 29.8 Å². The van der Waals surface area contributed by atoms with Crippen LogP contribution in [0.3, 0.4) is 0 Å². The molecule has 0 aromatic heterocycles. The average molecular weight is 276 g/mol. The first-order chi connectivity index (χ1) is 9.76. The second kappa shape index (κ2) is 7.65. The lowest BCUT2D eigenvalue weighted by Crippen LogP contribution is -2.35. The maximum Gasteiger partial charge on any atom is 0.0606 e. The summed E-state index contributed by atoms with van der Waals surface area (Å²) in [5, 5.41) is 12.8. The predicted octanol–water partition coefficient (Wildman–Crippen LogP) is 3.10. The van der Waals surface area contributed by atoms with Crippen LogP contribution in [0.5, 0.6) is 0 Å². The average Bonchev–Trinajstić information content (AvgIpc) is 2.99. The van der Waals surface area contributed by atoms with Gasteiger partial charge in [-0.1, -0.05) is 31.9 Å². The minimum Gasteiger partial charge on any atom is -0.395 e. The third-order valence-electron chi connectivity index (χ3n) is 4.34. The maximum absolute atomic E-state index is 9.32. The van der Waals surface area contributed by atoms with E-state index in [0.29, 0.717) is 12.1 Å². The molecule has 2 N–H and O–H groups in total. The Morgan fingerprint density at radius 2 is 1.90 bits per heavy atom. The molecule has 0 heterocycles. The van der Waals surface area contributed by atoms with Gasteiger partial charge in [0.2, 0.25) is 0 Å². The molecule has 1 unspecified atom stereocenters. The van der Waals surface area contributed by atoms with Gasteiger partial charge in [-0.3, -0.25) is 0 Å². The topological polar surface area (TPSA) is 35.5 Å². The van der Waals surface area contributed by atoms with Crippen molar-refractivity contribution in [1.29, 1.82) is 0 Å². The van der Waals surface area contributed by atoms with Crippen LogP contribution in [-0.4, -0.2) is 30.8 Å². The summed E-state index contributed by atoms with van der Waals surface area (Å²) in [6.07, 6.45) is 5.16. The Morgan fingerprint density at radius 3 is 2.45 bits per heavy atom. The van der Waals surface area contributed by atoms with E-state index in [2.05, 4.69) is 48.3 Å². The fourth-order valence-corrected chi connectivity index (χ4v) is 3.22. The molecular weight excluding hydrogens is 248 g/mol. The smallest absolute Gasteiger partial charge is 0.0606 e. The SMILES string of the molecule is CCNC(C)c1ccc(N(CCO)C2CCCC2)cc1. The zero-order valence-electron chi connectivity index (χ0n) is 12.8. The van der Waals surface area contributed by atoms with Crippen LogP contribution in [0, 0.1) is 0 Å². The first-order valence-electron chi connectivity index (χ1n) is 7.97. The molecule has 0 radical (unpaired) electrons. The van der Waals surface area contributed by atoms with Crippen molar-refractivity contribution in [3.8, 4) is 0 Å². The highest BCUT2D eigenvalue weighted by Gasteiger charge is 2.22. The van der Waals surface area contributed by atoms with Gasteiger partial charge in [-0.2, -0.15) is 0 Å². The fraction of sp³-hybridized carbons (Fsp3) is 0.647. The summed E-state index contributed by atoms with van der Waals surface area (Å²) in [6.45, 7) is 6.29. The van der Waals surface area contributed by atoms with Crippen molar-refractivity contribution < 1.29 is 5.11 Å². The maximum atomic E-state index is 9.32. The number of hydrogen-bond donors (Lipinski definition) is 2. The molecule has 1 fully saturated rings. The standard InChI is InChI=1S/C17H28N2O/c1-3-18-14(2)15-8-10-17(11-9-15)19(12-13-20)16-6-4-5-7-16/h8-11,14,16,18,20H,3-7,12-13H2,1-2H3. The summed E-state index contributed by atoms with van der Waals surface area (Å²) < 4.78 is 0. The van der Waals surface area contributed by atoms with Gasteiger partial charge >= 0.3 is 0 Å². The molecule has 0 amide bonds. The number of hydrogen-bond acceptors (Lipinski definition) is 3. The molecule has 0 aliphatic heterocycles. The number of aliphatic hydroxyl groups excluding tert-OH is 1. The highest BCUT2D eigenvalue weighted by Crippen LogP contribution is 2.28. The highest BCUT2D eigenvalue weighted by atomic mass is 16.3. The molecule has 3 heteroatoms. The summed E-state index contributed by atoms with van der Waals surface area (Å²) in [4.78, 5) is 2.38. The molecule has 0 bridgehead atoms. The Kier molecular flexibility index (Phi) is 5.86. The minimum absolute atomic E-state index is 0.228. The van der Waals surface area contributed by atoms with Gasteiger partial charge in [0.15, 0.2) is 0 Å². The number of nitrogens with zero attached hydrogens (tertiary/aromatic N) is 1. The Balaban J connectivity index is 2.09. The molecule has 1 aromatic carbocycles. The van der Waals surface area contributed by atoms with Gasteiger partial charge in [0.05, 0.1) is 6.61 Å². The molecule has 0 spiro atoms. The van der Waals surface area contributed by atoms with E-state index in [1.54, 1.807) is 0 Å². The number of rotatable bonds is 7. The molecule has 1 aliphatic rings. The fourth-order valence-electron chi connectivity index (χ4n) is 3.22. The third kappa shape index (κ3) is 3.74. The number of nitrogens with one attached hydrogen (secondary N) is 1. The monoisotopic (exact) mass is 276 g/mol. The molecule has 0 saturated heterocycles. The van der Waals surface area contributed by atoms with E-state index < -0.39 is 0 Å². The molecule has 1 saturated carbocycles. The molecule has 20 heavy (non-hydrogen) atoms. The summed E-state index contributed by atoms with van der Waals surface area (Å²) in [5.41, 5.74) is 2.57. The first kappa shape index (κ1) is 15.3. The zero-order valence-corrected chi connectivity index (χ0v) is 12.8. The van der Waals surface area contributed by atoms with Crippen molar-refractivity contribution in [2.24, 2.45) is 0 Å². The van der Waals surface area contributed by atoms with Crippen LogP contribution in [0.15, 0.2) is 24.3 Å². The first-order valence-corrected chi connectivity index (χ1v) is 7.97. The van der Waals surface area contributed by atoms with E-state index in [0.717, 1.165) is 13.1 Å². The van der Waals surface area contributed by atoms with E-state index in [9.17, 15) is 5.11 Å². The van der Waals surface area contributed by atoms with Gasteiger partial charge in [0, 0.05) is 24.3 Å². The van der Waals surface area contributed by atoms with E-state index in [4.69, 9.17) is 0 Å². The quantitative estimate of drug-likeness (QED) is 0.803. The molecular formula is C17H28N2O. The van der Waals surface area contributed by atoms with Crippen molar-refractivity contribution in [1.82, 2.24) is 5.32 Å². The summed E-state index contributed by atoms with van der Waals surface area (Å²) in [7, 11) is 0. The Hall–Kier alpha value is -1.06. The van der Waals surface area contributed by atoms with Crippen molar-refractivity contribution in [3.63, 3.8) is 0 Å². The Bertz CT molecular complexity index is 384. The largest absolute Gasteiger partial charge is 0.395 e. The molecule has 112 valence electrons. The lowest BCUT2D eigenvalue weighted by Gasteiger charge is -2.31. The number of aliphatic hydroxyl groups is 1. The zero-order chi connectivity index (χ0) is 14.4. The van der Waals surface area contributed by atoms with E-state index in [1.807, 2.05) is 0 Å². The van der Waals surface area contributed by atoms with Crippen LogP contribution in [-0.2, 0) is 0 Å². The van der Waals surface area contributed by atoms with E-state index in [-0.39, 0.29) is 6.61 Å². The number of benzene rings is 1. The van der Waals surface area contributed by atoms with Crippen LogP contribution in [0.1, 0.15) is 51.1 Å². The van der Waals surface area contributed by atoms with Crippen molar-refractivity contribution in [2.75, 3.05) is 24.6 Å². The van der Waals surface area contributed by atoms with Gasteiger partial charge in [-0.15, -0.1) is 0 Å². The summed E-state index contributed by atoms with van der Waals surface area (Å²) in [6, 6.07) is 9.84.